The number of amides is 1. The zero-order valence-electron chi connectivity index (χ0n) is 12.4. The van der Waals surface area contributed by atoms with Gasteiger partial charge in [0.1, 0.15) is 11.6 Å². The summed E-state index contributed by atoms with van der Waals surface area (Å²) in [5.74, 6) is -0.342. The average Bonchev–Trinajstić information content (AvgIpc) is 2.44. The molecular formula is C15H21Cl2FN2O2. The van der Waals surface area contributed by atoms with Crippen LogP contribution in [0.25, 0.3) is 0 Å². The summed E-state index contributed by atoms with van der Waals surface area (Å²) in [5, 5.41) is 3.10. The lowest BCUT2D eigenvalue weighted by Gasteiger charge is -2.28. The van der Waals surface area contributed by atoms with E-state index in [9.17, 15) is 9.18 Å². The van der Waals surface area contributed by atoms with Gasteiger partial charge in [-0.2, -0.15) is 0 Å². The molecule has 4 nitrogen and oxygen atoms in total. The van der Waals surface area contributed by atoms with Crippen LogP contribution in [-0.2, 0) is 4.79 Å². The molecule has 1 aromatic rings. The molecule has 1 aliphatic rings. The van der Waals surface area contributed by atoms with Crippen LogP contribution in [0, 0.1) is 5.82 Å². The van der Waals surface area contributed by atoms with Crippen LogP contribution in [0.1, 0.15) is 32.6 Å². The predicted octanol–water partition coefficient (Wildman–Crippen LogP) is 3.05. The van der Waals surface area contributed by atoms with Crippen LogP contribution in [0.5, 0.6) is 5.75 Å². The molecule has 0 heterocycles. The van der Waals surface area contributed by atoms with E-state index in [1.807, 2.05) is 0 Å². The Morgan fingerprint density at radius 1 is 1.41 bits per heavy atom. The number of carbonyl (C=O) groups is 1. The minimum absolute atomic E-state index is 0. The maximum atomic E-state index is 13.0. The summed E-state index contributed by atoms with van der Waals surface area (Å²) in [5.41, 5.74) is 5.84. The molecule has 1 saturated carbocycles. The Morgan fingerprint density at radius 2 is 2.05 bits per heavy atom. The van der Waals surface area contributed by atoms with Gasteiger partial charge >= 0.3 is 0 Å². The molecule has 1 aromatic carbocycles. The fourth-order valence-electron chi connectivity index (χ4n) is 2.40. The van der Waals surface area contributed by atoms with Gasteiger partial charge in [0.15, 0.2) is 6.10 Å². The SMILES string of the molecule is CC(Oc1ccc(F)cc1Cl)C(=O)NC1CCC(N)CC1.Cl. The van der Waals surface area contributed by atoms with E-state index in [0.717, 1.165) is 31.7 Å². The fourth-order valence-corrected chi connectivity index (χ4v) is 2.61. The molecule has 0 saturated heterocycles. The highest BCUT2D eigenvalue weighted by Gasteiger charge is 2.23. The second-order valence-electron chi connectivity index (χ2n) is 5.46. The van der Waals surface area contributed by atoms with Gasteiger partial charge in [-0.05, 0) is 50.8 Å². The van der Waals surface area contributed by atoms with Crippen molar-refractivity contribution in [1.82, 2.24) is 5.32 Å². The van der Waals surface area contributed by atoms with Gasteiger partial charge < -0.3 is 15.8 Å². The van der Waals surface area contributed by atoms with Crippen molar-refractivity contribution in [2.75, 3.05) is 0 Å². The van der Waals surface area contributed by atoms with Crippen molar-refractivity contribution >= 4 is 29.9 Å². The van der Waals surface area contributed by atoms with Crippen LogP contribution < -0.4 is 15.8 Å². The first-order valence-electron chi connectivity index (χ1n) is 7.13. The Bertz CT molecular complexity index is 508. The van der Waals surface area contributed by atoms with Crippen molar-refractivity contribution in [3.63, 3.8) is 0 Å². The number of hydrogen-bond acceptors (Lipinski definition) is 3. The maximum Gasteiger partial charge on any atom is 0.260 e. The van der Waals surface area contributed by atoms with Gasteiger partial charge in [0.05, 0.1) is 5.02 Å². The second kappa shape index (κ2) is 8.56. The van der Waals surface area contributed by atoms with Gasteiger partial charge in [0.25, 0.3) is 5.91 Å². The van der Waals surface area contributed by atoms with E-state index in [1.54, 1.807) is 6.92 Å². The number of halogens is 3. The lowest BCUT2D eigenvalue weighted by atomic mass is 9.92. The molecule has 0 aromatic heterocycles. The van der Waals surface area contributed by atoms with Gasteiger partial charge in [-0.25, -0.2) is 4.39 Å². The van der Waals surface area contributed by atoms with Gasteiger partial charge in [-0.15, -0.1) is 12.4 Å². The third-order valence-electron chi connectivity index (χ3n) is 3.69. The van der Waals surface area contributed by atoms with Crippen LogP contribution in [-0.4, -0.2) is 24.1 Å². The van der Waals surface area contributed by atoms with E-state index in [-0.39, 0.29) is 35.4 Å². The molecule has 0 radical (unpaired) electrons. The van der Waals surface area contributed by atoms with Gasteiger partial charge in [-0.1, -0.05) is 11.6 Å². The molecule has 1 atom stereocenters. The number of carbonyl (C=O) groups excluding carboxylic acids is 1. The zero-order valence-corrected chi connectivity index (χ0v) is 13.9. The van der Waals surface area contributed by atoms with E-state index in [4.69, 9.17) is 22.1 Å². The summed E-state index contributed by atoms with van der Waals surface area (Å²) in [6, 6.07) is 4.20. The summed E-state index contributed by atoms with van der Waals surface area (Å²) in [4.78, 5) is 12.1. The first kappa shape index (κ1) is 19.0. The van der Waals surface area contributed by atoms with E-state index >= 15 is 0 Å². The smallest absolute Gasteiger partial charge is 0.260 e. The van der Waals surface area contributed by atoms with Crippen LogP contribution in [0.3, 0.4) is 0 Å². The third-order valence-corrected chi connectivity index (χ3v) is 3.98. The monoisotopic (exact) mass is 350 g/mol. The molecule has 0 bridgehead atoms. The van der Waals surface area contributed by atoms with Crippen LogP contribution in [0.15, 0.2) is 18.2 Å². The first-order valence-corrected chi connectivity index (χ1v) is 7.51. The van der Waals surface area contributed by atoms with E-state index < -0.39 is 11.9 Å². The Kier molecular flexibility index (Phi) is 7.39. The van der Waals surface area contributed by atoms with Crippen molar-refractivity contribution < 1.29 is 13.9 Å². The topological polar surface area (TPSA) is 64.3 Å². The summed E-state index contributed by atoms with van der Waals surface area (Å²) in [7, 11) is 0. The van der Waals surface area contributed by atoms with E-state index in [0.29, 0.717) is 5.75 Å². The van der Waals surface area contributed by atoms with Crippen LogP contribution >= 0.6 is 24.0 Å². The molecule has 0 aliphatic heterocycles. The molecule has 1 unspecified atom stereocenters. The first-order chi connectivity index (χ1) is 9.95. The molecule has 2 rings (SSSR count). The lowest BCUT2D eigenvalue weighted by Crippen LogP contribution is -2.45. The third kappa shape index (κ3) is 5.30. The number of rotatable bonds is 4. The molecule has 0 spiro atoms. The zero-order chi connectivity index (χ0) is 15.4. The quantitative estimate of drug-likeness (QED) is 0.876. The lowest BCUT2D eigenvalue weighted by molar-refractivity contribution is -0.128. The molecule has 1 fully saturated rings. The van der Waals surface area contributed by atoms with E-state index in [2.05, 4.69) is 5.32 Å². The molecule has 1 aliphatic carbocycles. The van der Waals surface area contributed by atoms with E-state index in [1.165, 1.54) is 12.1 Å². The number of nitrogens with two attached hydrogens (primary N) is 1. The van der Waals surface area contributed by atoms with Gasteiger partial charge in [0.2, 0.25) is 0 Å². The highest BCUT2D eigenvalue weighted by molar-refractivity contribution is 6.32. The highest BCUT2D eigenvalue weighted by Crippen LogP contribution is 2.26. The van der Waals surface area contributed by atoms with Crippen molar-refractivity contribution in [1.29, 1.82) is 0 Å². The molecular weight excluding hydrogens is 330 g/mol. The number of ether oxygens (including phenoxy) is 1. The molecule has 3 N–H and O–H groups in total. The van der Waals surface area contributed by atoms with Crippen molar-refractivity contribution in [2.24, 2.45) is 5.73 Å². The summed E-state index contributed by atoms with van der Waals surface area (Å²) >= 11 is 5.88. The summed E-state index contributed by atoms with van der Waals surface area (Å²) in [6.07, 6.45) is 2.92. The molecule has 22 heavy (non-hydrogen) atoms. The second-order valence-corrected chi connectivity index (χ2v) is 5.86. The Hall–Kier alpha value is -1.04. The summed E-state index contributed by atoms with van der Waals surface area (Å²) < 4.78 is 18.4. The predicted molar refractivity (Wildman–Crippen MR) is 87.1 cm³/mol. The number of nitrogens with one attached hydrogen (secondary N) is 1. The normalized spacial score (nSPS) is 22.4. The van der Waals surface area contributed by atoms with Gasteiger partial charge in [-0.3, -0.25) is 4.79 Å². The van der Waals surface area contributed by atoms with Crippen molar-refractivity contribution in [3.8, 4) is 5.75 Å². The van der Waals surface area contributed by atoms with Crippen LogP contribution in [0.4, 0.5) is 4.39 Å². The Morgan fingerprint density at radius 3 is 2.64 bits per heavy atom. The van der Waals surface area contributed by atoms with Crippen LogP contribution in [0.2, 0.25) is 5.02 Å². The number of hydrogen-bond donors (Lipinski definition) is 2. The van der Waals surface area contributed by atoms with Gasteiger partial charge in [0, 0.05) is 12.1 Å². The summed E-state index contributed by atoms with van der Waals surface area (Å²) in [6.45, 7) is 1.64. The Balaban J connectivity index is 0.00000242. The molecule has 1 amide bonds. The fraction of sp³-hybridized carbons (Fsp3) is 0.533. The number of benzene rings is 1. The minimum atomic E-state index is -0.691. The highest BCUT2D eigenvalue weighted by atomic mass is 35.5. The molecule has 124 valence electrons. The largest absolute Gasteiger partial charge is 0.479 e. The van der Waals surface area contributed by atoms with Crippen molar-refractivity contribution in [3.05, 3.63) is 29.0 Å². The average molecular weight is 351 g/mol. The standard InChI is InChI=1S/C15H20ClFN2O2.ClH/c1-9(21-14-7-2-10(17)8-13(14)16)15(20)19-12-5-3-11(18)4-6-12;/h2,7-9,11-12H,3-6,18H2,1H3,(H,19,20);1H. The minimum Gasteiger partial charge on any atom is -0.479 e. The Labute approximate surface area is 140 Å². The van der Waals surface area contributed by atoms with Crippen molar-refractivity contribution in [2.45, 2.75) is 50.8 Å². The molecule has 7 heteroatoms. The maximum absolute atomic E-state index is 13.0.